The third-order valence-electron chi connectivity index (χ3n) is 4.06. The van der Waals surface area contributed by atoms with Gasteiger partial charge in [0.1, 0.15) is 5.75 Å². The average Bonchev–Trinajstić information content (AvgIpc) is 3.19. The van der Waals surface area contributed by atoms with Gasteiger partial charge in [-0.2, -0.15) is 5.10 Å². The number of benzene rings is 2. The summed E-state index contributed by atoms with van der Waals surface area (Å²) in [6.45, 7) is 0. The van der Waals surface area contributed by atoms with E-state index in [-0.39, 0.29) is 17.2 Å². The number of aromatic amines is 1. The number of H-pyrrole nitrogens is 1. The van der Waals surface area contributed by atoms with Crippen molar-refractivity contribution in [3.05, 3.63) is 77.1 Å². The smallest absolute Gasteiger partial charge is 0.276 e. The van der Waals surface area contributed by atoms with Crippen molar-refractivity contribution in [3.63, 3.8) is 0 Å². The quantitative estimate of drug-likeness (QED) is 0.581. The molecular weight excluding hydrogens is 346 g/mol. The van der Waals surface area contributed by atoms with Crippen LogP contribution in [0.1, 0.15) is 10.5 Å². The molecule has 0 unspecified atom stereocenters. The van der Waals surface area contributed by atoms with Crippen molar-refractivity contribution in [1.29, 1.82) is 0 Å². The van der Waals surface area contributed by atoms with E-state index in [1.165, 1.54) is 6.33 Å². The average molecular weight is 361 g/mol. The SMILES string of the molecule is COc1ccc(-n2ccc(C(=O)Nc3ccc4nc[nH]c(=O)c4c3)n2)cc1. The van der Waals surface area contributed by atoms with Crippen LogP contribution in [-0.2, 0) is 0 Å². The van der Waals surface area contributed by atoms with Crippen LogP contribution in [0.5, 0.6) is 5.75 Å². The van der Waals surface area contributed by atoms with E-state index in [2.05, 4.69) is 20.4 Å². The number of rotatable bonds is 4. The lowest BCUT2D eigenvalue weighted by Gasteiger charge is -2.05. The monoisotopic (exact) mass is 361 g/mol. The minimum absolute atomic E-state index is 0.256. The summed E-state index contributed by atoms with van der Waals surface area (Å²) in [6.07, 6.45) is 3.04. The molecule has 0 saturated carbocycles. The summed E-state index contributed by atoms with van der Waals surface area (Å²) in [5.41, 5.74) is 1.84. The number of anilines is 1. The minimum Gasteiger partial charge on any atom is -0.497 e. The number of aromatic nitrogens is 4. The fourth-order valence-corrected chi connectivity index (χ4v) is 2.67. The van der Waals surface area contributed by atoms with Gasteiger partial charge in [-0.15, -0.1) is 0 Å². The molecule has 2 heterocycles. The second-order valence-corrected chi connectivity index (χ2v) is 5.76. The first kappa shape index (κ1) is 16.5. The first-order valence-electron chi connectivity index (χ1n) is 8.13. The summed E-state index contributed by atoms with van der Waals surface area (Å²) >= 11 is 0. The zero-order valence-corrected chi connectivity index (χ0v) is 14.3. The Labute approximate surface area is 153 Å². The van der Waals surface area contributed by atoms with Crippen molar-refractivity contribution in [2.45, 2.75) is 0 Å². The minimum atomic E-state index is -0.373. The third kappa shape index (κ3) is 3.28. The summed E-state index contributed by atoms with van der Waals surface area (Å²) in [5.74, 6) is 0.367. The van der Waals surface area contributed by atoms with Crippen molar-refractivity contribution in [1.82, 2.24) is 19.7 Å². The Morgan fingerprint density at radius 2 is 1.96 bits per heavy atom. The lowest BCUT2D eigenvalue weighted by Crippen LogP contribution is -2.14. The van der Waals surface area contributed by atoms with Gasteiger partial charge in [-0.25, -0.2) is 9.67 Å². The largest absolute Gasteiger partial charge is 0.497 e. The molecule has 27 heavy (non-hydrogen) atoms. The normalized spacial score (nSPS) is 10.7. The molecule has 0 saturated heterocycles. The van der Waals surface area contributed by atoms with Gasteiger partial charge in [0.05, 0.1) is 30.0 Å². The van der Waals surface area contributed by atoms with Gasteiger partial charge in [0.15, 0.2) is 5.69 Å². The Balaban J connectivity index is 1.56. The molecular formula is C19H15N5O3. The fourth-order valence-electron chi connectivity index (χ4n) is 2.67. The van der Waals surface area contributed by atoms with Gasteiger partial charge in [-0.1, -0.05) is 0 Å². The number of amides is 1. The van der Waals surface area contributed by atoms with Gasteiger partial charge in [-0.3, -0.25) is 9.59 Å². The Bertz CT molecular complexity index is 1180. The van der Waals surface area contributed by atoms with Crippen LogP contribution in [0.4, 0.5) is 5.69 Å². The van der Waals surface area contributed by atoms with Gasteiger partial charge in [0.2, 0.25) is 0 Å². The van der Waals surface area contributed by atoms with Crippen LogP contribution in [0.25, 0.3) is 16.6 Å². The molecule has 134 valence electrons. The molecule has 0 radical (unpaired) electrons. The highest BCUT2D eigenvalue weighted by Gasteiger charge is 2.11. The van der Waals surface area contributed by atoms with Gasteiger partial charge < -0.3 is 15.0 Å². The van der Waals surface area contributed by atoms with E-state index >= 15 is 0 Å². The van der Waals surface area contributed by atoms with Gasteiger partial charge in [0.25, 0.3) is 11.5 Å². The Morgan fingerprint density at radius 3 is 2.74 bits per heavy atom. The van der Waals surface area contributed by atoms with Crippen molar-refractivity contribution < 1.29 is 9.53 Å². The van der Waals surface area contributed by atoms with Crippen LogP contribution in [0.2, 0.25) is 0 Å². The Morgan fingerprint density at radius 1 is 1.15 bits per heavy atom. The second kappa shape index (κ2) is 6.75. The Hall–Kier alpha value is -3.94. The first-order chi connectivity index (χ1) is 13.1. The molecule has 4 rings (SSSR count). The van der Waals surface area contributed by atoms with Crippen molar-refractivity contribution in [2.75, 3.05) is 12.4 Å². The number of nitrogens with one attached hydrogen (secondary N) is 2. The van der Waals surface area contributed by atoms with E-state index in [0.29, 0.717) is 16.6 Å². The van der Waals surface area contributed by atoms with E-state index < -0.39 is 0 Å². The Kier molecular flexibility index (Phi) is 4.13. The summed E-state index contributed by atoms with van der Waals surface area (Å²) in [5, 5.41) is 7.44. The first-order valence-corrected chi connectivity index (χ1v) is 8.13. The van der Waals surface area contributed by atoms with E-state index in [4.69, 9.17) is 4.74 Å². The molecule has 0 aliphatic rings. The zero-order valence-electron chi connectivity index (χ0n) is 14.3. The van der Waals surface area contributed by atoms with Crippen LogP contribution < -0.4 is 15.6 Å². The van der Waals surface area contributed by atoms with E-state index in [9.17, 15) is 9.59 Å². The highest BCUT2D eigenvalue weighted by Crippen LogP contribution is 2.16. The van der Waals surface area contributed by atoms with Gasteiger partial charge in [-0.05, 0) is 48.5 Å². The molecule has 2 N–H and O–H groups in total. The lowest BCUT2D eigenvalue weighted by atomic mass is 10.2. The summed E-state index contributed by atoms with van der Waals surface area (Å²) in [6, 6.07) is 13.9. The maximum absolute atomic E-state index is 12.5. The molecule has 0 aliphatic heterocycles. The number of carbonyl (C=O) groups is 1. The third-order valence-corrected chi connectivity index (χ3v) is 4.06. The molecule has 0 atom stereocenters. The zero-order chi connectivity index (χ0) is 18.8. The summed E-state index contributed by atoms with van der Waals surface area (Å²) in [7, 11) is 1.60. The van der Waals surface area contributed by atoms with E-state index in [1.807, 2.05) is 24.3 Å². The van der Waals surface area contributed by atoms with Crippen LogP contribution in [0.3, 0.4) is 0 Å². The molecule has 4 aromatic rings. The summed E-state index contributed by atoms with van der Waals surface area (Å²) < 4.78 is 6.73. The molecule has 0 fully saturated rings. The molecule has 8 heteroatoms. The van der Waals surface area contributed by atoms with Crippen LogP contribution in [0.15, 0.2) is 65.8 Å². The van der Waals surface area contributed by atoms with E-state index in [0.717, 1.165) is 11.4 Å². The molecule has 0 spiro atoms. The van der Waals surface area contributed by atoms with Crippen LogP contribution in [-0.4, -0.2) is 32.8 Å². The molecule has 2 aromatic heterocycles. The molecule has 2 aromatic carbocycles. The highest BCUT2D eigenvalue weighted by molar-refractivity contribution is 6.03. The number of hydrogen-bond acceptors (Lipinski definition) is 5. The predicted molar refractivity (Wildman–Crippen MR) is 100 cm³/mol. The van der Waals surface area contributed by atoms with Gasteiger partial charge >= 0.3 is 0 Å². The van der Waals surface area contributed by atoms with Crippen LogP contribution in [0, 0.1) is 0 Å². The second-order valence-electron chi connectivity index (χ2n) is 5.76. The molecule has 0 aliphatic carbocycles. The number of ether oxygens (including phenoxy) is 1. The molecule has 0 bridgehead atoms. The maximum Gasteiger partial charge on any atom is 0.276 e. The number of fused-ring (bicyclic) bond motifs is 1. The number of nitrogens with zero attached hydrogens (tertiary/aromatic N) is 3. The number of carbonyl (C=O) groups excluding carboxylic acids is 1. The predicted octanol–water partition coefficient (Wildman–Crippen LogP) is 2.37. The van der Waals surface area contributed by atoms with Crippen molar-refractivity contribution in [3.8, 4) is 11.4 Å². The highest BCUT2D eigenvalue weighted by atomic mass is 16.5. The van der Waals surface area contributed by atoms with Crippen LogP contribution >= 0.6 is 0 Å². The fraction of sp³-hybridized carbons (Fsp3) is 0.0526. The topological polar surface area (TPSA) is 102 Å². The van der Waals surface area contributed by atoms with Gasteiger partial charge in [0, 0.05) is 11.9 Å². The van der Waals surface area contributed by atoms with Crippen molar-refractivity contribution in [2.24, 2.45) is 0 Å². The van der Waals surface area contributed by atoms with E-state index in [1.54, 1.807) is 42.3 Å². The number of hydrogen-bond donors (Lipinski definition) is 2. The molecule has 1 amide bonds. The lowest BCUT2D eigenvalue weighted by molar-refractivity contribution is 0.102. The molecule has 8 nitrogen and oxygen atoms in total. The number of methoxy groups -OCH3 is 1. The summed E-state index contributed by atoms with van der Waals surface area (Å²) in [4.78, 5) is 30.9. The maximum atomic E-state index is 12.5. The van der Waals surface area contributed by atoms with Crippen molar-refractivity contribution >= 4 is 22.5 Å². The standard InChI is InChI=1S/C19H15N5O3/c1-27-14-5-3-13(4-6-14)24-9-8-17(23-24)19(26)22-12-2-7-16-15(10-12)18(25)21-11-20-16/h2-11H,1H3,(H,22,26)(H,20,21,25).